The number of aliphatic imine (C=N–C) groups is 1. The monoisotopic (exact) mass is 562 g/mol. The zero-order valence-electron chi connectivity index (χ0n) is 18.1. The van der Waals surface area contributed by atoms with E-state index in [0.29, 0.717) is 34.7 Å². The first-order valence-electron chi connectivity index (χ1n) is 9.97. The standard InChI is InChI=1S/C24H23IN2O4S/c1-5-12-31-22-19(25)13-16(14-20(22)30-7-3)15-21-23(28)27(6-2)24(32-21)26-17-8-10-18(29-4)11-9-17/h1,8-11,13-15H,6-7,12H2,2-4H3/b21-15+,26-24?. The molecule has 1 fully saturated rings. The highest BCUT2D eigenvalue weighted by molar-refractivity contribution is 14.1. The lowest BCUT2D eigenvalue weighted by molar-refractivity contribution is -0.122. The lowest BCUT2D eigenvalue weighted by Gasteiger charge is -2.13. The normalized spacial score (nSPS) is 15.8. The van der Waals surface area contributed by atoms with Crippen molar-refractivity contribution in [1.82, 2.24) is 4.90 Å². The first-order valence-corrected chi connectivity index (χ1v) is 11.9. The van der Waals surface area contributed by atoms with Crippen molar-refractivity contribution >= 4 is 57.2 Å². The summed E-state index contributed by atoms with van der Waals surface area (Å²) in [5, 5.41) is 0.641. The molecule has 166 valence electrons. The number of terminal acetylenes is 1. The summed E-state index contributed by atoms with van der Waals surface area (Å²) in [5.41, 5.74) is 1.59. The molecule has 6 nitrogen and oxygen atoms in total. The van der Waals surface area contributed by atoms with Gasteiger partial charge in [0.2, 0.25) is 0 Å². The molecule has 1 heterocycles. The molecule has 1 aliphatic rings. The third-order valence-corrected chi connectivity index (χ3v) is 6.24. The molecule has 0 aromatic heterocycles. The number of ether oxygens (including phenoxy) is 3. The van der Waals surface area contributed by atoms with Crippen LogP contribution in [0.15, 0.2) is 46.3 Å². The van der Waals surface area contributed by atoms with E-state index in [1.165, 1.54) is 11.8 Å². The topological polar surface area (TPSA) is 60.4 Å². The van der Waals surface area contributed by atoms with Crippen LogP contribution >= 0.6 is 34.4 Å². The predicted molar refractivity (Wildman–Crippen MR) is 138 cm³/mol. The maximum absolute atomic E-state index is 13.0. The molecular formula is C24H23IN2O4S. The second kappa shape index (κ2) is 11.3. The molecule has 0 atom stereocenters. The van der Waals surface area contributed by atoms with Gasteiger partial charge in [0.05, 0.1) is 27.9 Å². The lowest BCUT2D eigenvalue weighted by atomic mass is 10.2. The SMILES string of the molecule is C#CCOc1c(I)cc(/C=C2/SC(=Nc3ccc(OC)cc3)N(CC)C2=O)cc1OCC. The van der Waals surface area contributed by atoms with E-state index in [1.54, 1.807) is 12.0 Å². The van der Waals surface area contributed by atoms with Gasteiger partial charge in [-0.1, -0.05) is 5.92 Å². The van der Waals surface area contributed by atoms with Crippen LogP contribution in [0.2, 0.25) is 0 Å². The third-order valence-electron chi connectivity index (χ3n) is 4.43. The summed E-state index contributed by atoms with van der Waals surface area (Å²) >= 11 is 3.53. The van der Waals surface area contributed by atoms with Gasteiger partial charge in [0.15, 0.2) is 16.7 Å². The number of nitrogens with zero attached hydrogens (tertiary/aromatic N) is 2. The van der Waals surface area contributed by atoms with Crippen molar-refractivity contribution < 1.29 is 19.0 Å². The van der Waals surface area contributed by atoms with Crippen LogP contribution in [0.25, 0.3) is 6.08 Å². The molecule has 2 aromatic rings. The fourth-order valence-electron chi connectivity index (χ4n) is 2.98. The van der Waals surface area contributed by atoms with Crippen molar-refractivity contribution in [3.05, 3.63) is 50.4 Å². The highest BCUT2D eigenvalue weighted by Crippen LogP contribution is 2.38. The number of rotatable bonds is 8. The summed E-state index contributed by atoms with van der Waals surface area (Å²) < 4.78 is 17.4. The van der Waals surface area contributed by atoms with E-state index in [0.717, 1.165) is 20.6 Å². The summed E-state index contributed by atoms with van der Waals surface area (Å²) in [7, 11) is 1.62. The largest absolute Gasteiger partial charge is 0.497 e. The fraction of sp³-hybridized carbons (Fsp3) is 0.250. The Bertz CT molecular complexity index is 1090. The number of benzene rings is 2. The zero-order chi connectivity index (χ0) is 23.1. The Balaban J connectivity index is 1.93. The van der Waals surface area contributed by atoms with Crippen LogP contribution in [0.3, 0.4) is 0 Å². The highest BCUT2D eigenvalue weighted by Gasteiger charge is 2.32. The van der Waals surface area contributed by atoms with Gasteiger partial charge < -0.3 is 14.2 Å². The fourth-order valence-corrected chi connectivity index (χ4v) is 4.82. The van der Waals surface area contributed by atoms with Crippen molar-refractivity contribution in [2.24, 2.45) is 4.99 Å². The maximum Gasteiger partial charge on any atom is 0.266 e. The molecule has 0 spiro atoms. The summed E-state index contributed by atoms with van der Waals surface area (Å²) in [4.78, 5) is 19.9. The van der Waals surface area contributed by atoms with Crippen molar-refractivity contribution in [2.75, 3.05) is 26.9 Å². The molecule has 0 unspecified atom stereocenters. The van der Waals surface area contributed by atoms with Gasteiger partial charge in [0, 0.05) is 6.54 Å². The molecule has 0 bridgehead atoms. The van der Waals surface area contributed by atoms with E-state index >= 15 is 0 Å². The average Bonchev–Trinajstić information content (AvgIpc) is 3.07. The van der Waals surface area contributed by atoms with Crippen LogP contribution < -0.4 is 14.2 Å². The third kappa shape index (κ3) is 5.58. The molecule has 0 N–H and O–H groups in total. The molecule has 1 saturated heterocycles. The Hall–Kier alpha value is -2.64. The number of thioether (sulfide) groups is 1. The van der Waals surface area contributed by atoms with E-state index in [4.69, 9.17) is 20.6 Å². The van der Waals surface area contributed by atoms with Gasteiger partial charge in [-0.15, -0.1) is 6.42 Å². The predicted octanol–water partition coefficient (Wildman–Crippen LogP) is 5.33. The molecule has 1 aliphatic heterocycles. The van der Waals surface area contributed by atoms with Gasteiger partial charge in [-0.05, 0) is 96.2 Å². The summed E-state index contributed by atoms with van der Waals surface area (Å²) in [6, 6.07) is 11.2. The van der Waals surface area contributed by atoms with E-state index < -0.39 is 0 Å². The number of methoxy groups -OCH3 is 1. The molecule has 1 amide bonds. The van der Waals surface area contributed by atoms with Crippen LogP contribution in [0.1, 0.15) is 19.4 Å². The van der Waals surface area contributed by atoms with Crippen LogP contribution in [-0.2, 0) is 4.79 Å². The first-order chi connectivity index (χ1) is 15.5. The number of amidine groups is 1. The second-order valence-corrected chi connectivity index (χ2v) is 8.68. The lowest BCUT2D eigenvalue weighted by Crippen LogP contribution is -2.28. The Morgan fingerprint density at radius 2 is 1.97 bits per heavy atom. The number of amides is 1. The number of hydrogen-bond acceptors (Lipinski definition) is 6. The Morgan fingerprint density at radius 1 is 1.22 bits per heavy atom. The quantitative estimate of drug-likeness (QED) is 0.247. The number of hydrogen-bond donors (Lipinski definition) is 0. The van der Waals surface area contributed by atoms with Gasteiger partial charge >= 0.3 is 0 Å². The summed E-state index contributed by atoms with van der Waals surface area (Å²) in [6.07, 6.45) is 7.17. The van der Waals surface area contributed by atoms with Crippen molar-refractivity contribution in [3.8, 4) is 29.6 Å². The van der Waals surface area contributed by atoms with Gasteiger partial charge in [-0.25, -0.2) is 4.99 Å². The van der Waals surface area contributed by atoms with Gasteiger partial charge in [-0.2, -0.15) is 0 Å². The minimum absolute atomic E-state index is 0.0783. The number of likely N-dealkylation sites (N-methyl/N-ethyl adjacent to an activating group) is 1. The van der Waals surface area contributed by atoms with E-state index in [2.05, 4.69) is 33.5 Å². The summed E-state index contributed by atoms with van der Waals surface area (Å²) in [6.45, 7) is 5.00. The van der Waals surface area contributed by atoms with Gasteiger partial charge in [-0.3, -0.25) is 9.69 Å². The van der Waals surface area contributed by atoms with E-state index in [1.807, 2.05) is 56.3 Å². The number of carbonyl (C=O) groups excluding carboxylic acids is 1. The molecule has 32 heavy (non-hydrogen) atoms. The Morgan fingerprint density at radius 3 is 2.59 bits per heavy atom. The summed E-state index contributed by atoms with van der Waals surface area (Å²) in [5.74, 6) is 4.35. The number of halogens is 1. The second-order valence-electron chi connectivity index (χ2n) is 6.51. The molecule has 0 saturated carbocycles. The van der Waals surface area contributed by atoms with Crippen LogP contribution in [0.4, 0.5) is 5.69 Å². The molecule has 0 aliphatic carbocycles. The maximum atomic E-state index is 13.0. The van der Waals surface area contributed by atoms with Crippen molar-refractivity contribution in [1.29, 1.82) is 0 Å². The molecular weight excluding hydrogens is 539 g/mol. The Kier molecular flexibility index (Phi) is 8.47. The average molecular weight is 562 g/mol. The molecule has 2 aromatic carbocycles. The minimum atomic E-state index is -0.0783. The van der Waals surface area contributed by atoms with E-state index in [-0.39, 0.29) is 12.5 Å². The van der Waals surface area contributed by atoms with Gasteiger partial charge in [0.25, 0.3) is 5.91 Å². The van der Waals surface area contributed by atoms with Crippen LogP contribution in [0, 0.1) is 15.9 Å². The zero-order valence-corrected chi connectivity index (χ0v) is 21.0. The molecule has 0 radical (unpaired) electrons. The highest BCUT2D eigenvalue weighted by atomic mass is 127. The number of carbonyl (C=O) groups is 1. The minimum Gasteiger partial charge on any atom is -0.497 e. The molecule has 8 heteroatoms. The van der Waals surface area contributed by atoms with E-state index in [9.17, 15) is 4.79 Å². The van der Waals surface area contributed by atoms with Crippen LogP contribution in [-0.4, -0.2) is 42.8 Å². The van der Waals surface area contributed by atoms with Crippen LogP contribution in [0.5, 0.6) is 17.2 Å². The molecule has 3 rings (SSSR count). The smallest absolute Gasteiger partial charge is 0.266 e. The van der Waals surface area contributed by atoms with Crippen molar-refractivity contribution in [3.63, 3.8) is 0 Å². The van der Waals surface area contributed by atoms with Crippen molar-refractivity contribution in [2.45, 2.75) is 13.8 Å². The van der Waals surface area contributed by atoms with Gasteiger partial charge in [0.1, 0.15) is 12.4 Å². The first kappa shape index (κ1) is 24.0. The Labute approximate surface area is 206 Å².